The highest BCUT2D eigenvalue weighted by molar-refractivity contribution is 5.55. The van der Waals surface area contributed by atoms with Crippen molar-refractivity contribution in [3.05, 3.63) is 48.2 Å². The van der Waals surface area contributed by atoms with Crippen LogP contribution in [0.15, 0.2) is 36.8 Å². The van der Waals surface area contributed by atoms with Gasteiger partial charge in [0, 0.05) is 12.3 Å². The van der Waals surface area contributed by atoms with Crippen molar-refractivity contribution in [1.29, 1.82) is 0 Å². The Hall–Kier alpha value is -2.43. The Bertz CT molecular complexity index is 691. The van der Waals surface area contributed by atoms with Gasteiger partial charge in [-0.1, -0.05) is 0 Å². The number of hydrogen-bond acceptors (Lipinski definition) is 4. The lowest BCUT2D eigenvalue weighted by atomic mass is 10.4. The first kappa shape index (κ1) is 10.7. The summed E-state index contributed by atoms with van der Waals surface area (Å²) < 4.78 is 7.53. The average molecular weight is 240 g/mol. The number of aromatic nitrogens is 4. The summed E-state index contributed by atoms with van der Waals surface area (Å²) in [4.78, 5) is 8.43. The second-order valence-electron chi connectivity index (χ2n) is 4.09. The summed E-state index contributed by atoms with van der Waals surface area (Å²) in [6.07, 6.45) is 5.25. The molecule has 0 saturated carbocycles. The highest BCUT2D eigenvalue weighted by Crippen LogP contribution is 2.25. The van der Waals surface area contributed by atoms with Gasteiger partial charge in [-0.3, -0.25) is 4.98 Å². The zero-order valence-corrected chi connectivity index (χ0v) is 10.2. The number of pyridine rings is 1. The van der Waals surface area contributed by atoms with E-state index in [0.717, 1.165) is 11.4 Å². The van der Waals surface area contributed by atoms with E-state index in [1.54, 1.807) is 16.9 Å². The van der Waals surface area contributed by atoms with E-state index in [4.69, 9.17) is 4.74 Å². The van der Waals surface area contributed by atoms with Gasteiger partial charge in [-0.05, 0) is 26.0 Å². The van der Waals surface area contributed by atoms with Crippen molar-refractivity contribution in [1.82, 2.24) is 19.6 Å². The molecule has 3 heterocycles. The smallest absolute Gasteiger partial charge is 0.197 e. The minimum absolute atomic E-state index is 0.684. The van der Waals surface area contributed by atoms with Crippen molar-refractivity contribution in [2.24, 2.45) is 0 Å². The maximum Gasteiger partial charge on any atom is 0.197 e. The molecule has 3 aromatic rings. The van der Waals surface area contributed by atoms with Gasteiger partial charge in [0.05, 0.1) is 23.8 Å². The molecule has 18 heavy (non-hydrogen) atoms. The molecule has 0 amide bonds. The Kier molecular flexibility index (Phi) is 2.44. The van der Waals surface area contributed by atoms with E-state index < -0.39 is 0 Å². The summed E-state index contributed by atoms with van der Waals surface area (Å²) in [6.45, 7) is 3.85. The second-order valence-corrected chi connectivity index (χ2v) is 4.09. The van der Waals surface area contributed by atoms with Crippen molar-refractivity contribution in [2.45, 2.75) is 13.8 Å². The van der Waals surface area contributed by atoms with E-state index in [0.29, 0.717) is 17.1 Å². The third-order valence-corrected chi connectivity index (χ3v) is 2.50. The zero-order chi connectivity index (χ0) is 12.5. The van der Waals surface area contributed by atoms with Gasteiger partial charge in [0.1, 0.15) is 5.75 Å². The summed E-state index contributed by atoms with van der Waals surface area (Å²) in [5.74, 6) is 1.37. The van der Waals surface area contributed by atoms with Crippen LogP contribution in [0.2, 0.25) is 0 Å². The summed E-state index contributed by atoms with van der Waals surface area (Å²) in [5.41, 5.74) is 2.49. The minimum atomic E-state index is 0.684. The van der Waals surface area contributed by atoms with Crippen LogP contribution in [0, 0.1) is 13.8 Å². The molecule has 5 heteroatoms. The topological polar surface area (TPSA) is 52.3 Å². The lowest BCUT2D eigenvalue weighted by Gasteiger charge is -2.06. The molecule has 90 valence electrons. The number of rotatable bonds is 2. The van der Waals surface area contributed by atoms with Crippen LogP contribution in [0.5, 0.6) is 11.5 Å². The summed E-state index contributed by atoms with van der Waals surface area (Å²) in [6, 6.07) is 5.56. The Balaban J connectivity index is 2.10. The minimum Gasteiger partial charge on any atom is -0.452 e. The van der Waals surface area contributed by atoms with E-state index in [1.165, 1.54) is 0 Å². The Morgan fingerprint density at radius 3 is 2.89 bits per heavy atom. The Morgan fingerprint density at radius 1 is 1.22 bits per heavy atom. The first-order valence-corrected chi connectivity index (χ1v) is 5.64. The lowest BCUT2D eigenvalue weighted by molar-refractivity contribution is 0.479. The van der Waals surface area contributed by atoms with Crippen molar-refractivity contribution < 1.29 is 4.74 Å². The molecule has 0 aliphatic rings. The molecule has 0 aromatic carbocycles. The summed E-state index contributed by atoms with van der Waals surface area (Å²) in [7, 11) is 0. The van der Waals surface area contributed by atoms with Crippen LogP contribution in [0.4, 0.5) is 0 Å². The first-order valence-electron chi connectivity index (χ1n) is 5.64. The quantitative estimate of drug-likeness (QED) is 0.690. The monoisotopic (exact) mass is 240 g/mol. The van der Waals surface area contributed by atoms with Crippen molar-refractivity contribution >= 4 is 5.65 Å². The fraction of sp³-hybridized carbons (Fsp3) is 0.154. The SMILES string of the molecule is Cc1cn2nc(C)cc(Oc3cccnc3)c2n1. The lowest BCUT2D eigenvalue weighted by Crippen LogP contribution is -1.96. The molecule has 0 unspecified atom stereocenters. The van der Waals surface area contributed by atoms with Crippen LogP contribution in [0.25, 0.3) is 5.65 Å². The van der Waals surface area contributed by atoms with Crippen molar-refractivity contribution in [2.75, 3.05) is 0 Å². The van der Waals surface area contributed by atoms with Crippen LogP contribution in [0.1, 0.15) is 11.4 Å². The average Bonchev–Trinajstić information content (AvgIpc) is 2.71. The molecule has 0 spiro atoms. The fourth-order valence-electron chi connectivity index (χ4n) is 1.79. The predicted molar refractivity (Wildman–Crippen MR) is 66.8 cm³/mol. The van der Waals surface area contributed by atoms with Gasteiger partial charge in [-0.15, -0.1) is 0 Å². The molecule has 0 fully saturated rings. The molecular weight excluding hydrogens is 228 g/mol. The van der Waals surface area contributed by atoms with Crippen LogP contribution < -0.4 is 4.74 Å². The van der Waals surface area contributed by atoms with E-state index in [2.05, 4.69) is 15.1 Å². The molecule has 3 aromatic heterocycles. The molecule has 3 rings (SSSR count). The molecular formula is C13H12N4O. The van der Waals surface area contributed by atoms with Crippen LogP contribution in [-0.4, -0.2) is 19.6 Å². The third kappa shape index (κ3) is 1.90. The van der Waals surface area contributed by atoms with E-state index in [-0.39, 0.29) is 0 Å². The first-order chi connectivity index (χ1) is 8.72. The molecule has 0 bridgehead atoms. The second kappa shape index (κ2) is 4.10. The highest BCUT2D eigenvalue weighted by atomic mass is 16.5. The van der Waals surface area contributed by atoms with E-state index in [9.17, 15) is 0 Å². The van der Waals surface area contributed by atoms with Gasteiger partial charge < -0.3 is 4.74 Å². The standard InChI is InChI=1S/C13H12N4O/c1-9-6-12(18-11-4-3-5-14-7-11)13-15-10(2)8-17(13)16-9/h3-8H,1-2H3. The third-order valence-electron chi connectivity index (χ3n) is 2.50. The number of fused-ring (bicyclic) bond motifs is 1. The normalized spacial score (nSPS) is 10.8. The fourth-order valence-corrected chi connectivity index (χ4v) is 1.79. The van der Waals surface area contributed by atoms with Gasteiger partial charge in [0.15, 0.2) is 11.4 Å². The van der Waals surface area contributed by atoms with Crippen molar-refractivity contribution in [3.8, 4) is 11.5 Å². The largest absolute Gasteiger partial charge is 0.452 e. The zero-order valence-electron chi connectivity index (χ0n) is 10.2. The molecule has 0 atom stereocenters. The number of hydrogen-bond donors (Lipinski definition) is 0. The number of imidazole rings is 1. The van der Waals surface area contributed by atoms with E-state index in [1.807, 2.05) is 38.2 Å². The molecule has 5 nitrogen and oxygen atoms in total. The maximum absolute atomic E-state index is 5.80. The summed E-state index contributed by atoms with van der Waals surface area (Å²) >= 11 is 0. The number of aryl methyl sites for hydroxylation is 2. The molecule has 0 radical (unpaired) electrons. The van der Waals surface area contributed by atoms with Gasteiger partial charge in [0.25, 0.3) is 0 Å². The molecule has 0 saturated heterocycles. The number of ether oxygens (including phenoxy) is 1. The molecule has 0 aliphatic carbocycles. The maximum atomic E-state index is 5.80. The van der Waals surface area contributed by atoms with Crippen molar-refractivity contribution in [3.63, 3.8) is 0 Å². The van der Waals surface area contributed by atoms with Crippen LogP contribution in [-0.2, 0) is 0 Å². The van der Waals surface area contributed by atoms with Gasteiger partial charge in [-0.2, -0.15) is 5.10 Å². The highest BCUT2D eigenvalue weighted by Gasteiger charge is 2.09. The molecule has 0 aliphatic heterocycles. The Morgan fingerprint density at radius 2 is 2.11 bits per heavy atom. The van der Waals surface area contributed by atoms with Gasteiger partial charge >= 0.3 is 0 Å². The van der Waals surface area contributed by atoms with E-state index >= 15 is 0 Å². The van der Waals surface area contributed by atoms with Crippen LogP contribution >= 0.6 is 0 Å². The van der Waals surface area contributed by atoms with Gasteiger partial charge in [-0.25, -0.2) is 9.50 Å². The van der Waals surface area contributed by atoms with Gasteiger partial charge in [0.2, 0.25) is 0 Å². The summed E-state index contributed by atoms with van der Waals surface area (Å²) in [5, 5.41) is 4.36. The number of nitrogens with zero attached hydrogens (tertiary/aromatic N) is 4. The Labute approximate surface area is 104 Å². The van der Waals surface area contributed by atoms with Crippen LogP contribution in [0.3, 0.4) is 0 Å². The molecule has 0 N–H and O–H groups in total. The predicted octanol–water partition coefficient (Wildman–Crippen LogP) is 2.53.